The predicted octanol–water partition coefficient (Wildman–Crippen LogP) is 2.27. The summed E-state index contributed by atoms with van der Waals surface area (Å²) in [6.45, 7) is -0.242. The lowest BCUT2D eigenvalue weighted by Gasteiger charge is -2.11. The van der Waals surface area contributed by atoms with Crippen molar-refractivity contribution in [1.82, 2.24) is 9.47 Å². The summed E-state index contributed by atoms with van der Waals surface area (Å²) >= 11 is 3.27. The van der Waals surface area contributed by atoms with E-state index in [9.17, 15) is 14.4 Å². The third kappa shape index (κ3) is 2.31. The first-order chi connectivity index (χ1) is 9.97. The summed E-state index contributed by atoms with van der Waals surface area (Å²) in [5.74, 6) is -1.11. The SMILES string of the molecule is Cn1ccc(C(=O)CN2C(=O)c3ccc(Br)cc3C2=O)c1. The first-order valence-electron chi connectivity index (χ1n) is 6.28. The number of ketones is 1. The first-order valence-corrected chi connectivity index (χ1v) is 7.07. The second-order valence-electron chi connectivity index (χ2n) is 4.88. The molecule has 0 unspecified atom stereocenters. The third-order valence-corrected chi connectivity index (χ3v) is 3.88. The van der Waals surface area contributed by atoms with E-state index in [-0.39, 0.29) is 12.3 Å². The number of carbonyl (C=O) groups excluding carboxylic acids is 3. The van der Waals surface area contributed by atoms with Crippen molar-refractivity contribution in [3.8, 4) is 0 Å². The number of halogens is 1. The molecule has 0 saturated heterocycles. The van der Waals surface area contributed by atoms with Gasteiger partial charge in [0, 0.05) is 29.5 Å². The van der Waals surface area contributed by atoms with Crippen LogP contribution in [0.4, 0.5) is 0 Å². The molecule has 1 aliphatic rings. The van der Waals surface area contributed by atoms with Gasteiger partial charge >= 0.3 is 0 Å². The van der Waals surface area contributed by atoms with E-state index in [4.69, 9.17) is 0 Å². The molecule has 3 rings (SSSR count). The smallest absolute Gasteiger partial charge is 0.262 e. The zero-order chi connectivity index (χ0) is 15.1. The number of aryl methyl sites for hydroxylation is 1. The Morgan fingerprint density at radius 3 is 2.52 bits per heavy atom. The summed E-state index contributed by atoms with van der Waals surface area (Å²) in [6, 6.07) is 6.55. The summed E-state index contributed by atoms with van der Waals surface area (Å²) in [6.07, 6.45) is 3.41. The lowest BCUT2D eigenvalue weighted by Crippen LogP contribution is -2.34. The van der Waals surface area contributed by atoms with E-state index < -0.39 is 11.8 Å². The first kappa shape index (κ1) is 13.8. The quantitative estimate of drug-likeness (QED) is 0.632. The topological polar surface area (TPSA) is 59.4 Å². The van der Waals surface area contributed by atoms with Gasteiger partial charge in [0.2, 0.25) is 0 Å². The largest absolute Gasteiger partial charge is 0.357 e. The molecular weight excluding hydrogens is 336 g/mol. The zero-order valence-electron chi connectivity index (χ0n) is 11.2. The molecule has 0 saturated carbocycles. The number of imide groups is 1. The number of benzene rings is 1. The van der Waals surface area contributed by atoms with Crippen molar-refractivity contribution in [3.63, 3.8) is 0 Å². The normalized spacial score (nSPS) is 13.7. The summed E-state index contributed by atoms with van der Waals surface area (Å²) in [5, 5.41) is 0. The molecule has 5 nitrogen and oxygen atoms in total. The van der Waals surface area contributed by atoms with Gasteiger partial charge in [0.25, 0.3) is 11.8 Å². The van der Waals surface area contributed by atoms with Crippen molar-refractivity contribution in [2.45, 2.75) is 0 Å². The molecule has 1 aromatic heterocycles. The Kier molecular flexibility index (Phi) is 3.25. The maximum atomic E-state index is 12.3. The fourth-order valence-corrected chi connectivity index (χ4v) is 2.67. The Bertz CT molecular complexity index is 779. The van der Waals surface area contributed by atoms with Gasteiger partial charge in [-0.3, -0.25) is 19.3 Å². The van der Waals surface area contributed by atoms with Crippen LogP contribution in [-0.2, 0) is 7.05 Å². The Labute approximate surface area is 129 Å². The number of hydrogen-bond acceptors (Lipinski definition) is 3. The van der Waals surface area contributed by atoms with Crippen LogP contribution in [0.25, 0.3) is 0 Å². The van der Waals surface area contributed by atoms with E-state index in [1.807, 2.05) is 0 Å². The molecule has 2 heterocycles. The predicted molar refractivity (Wildman–Crippen MR) is 79.3 cm³/mol. The van der Waals surface area contributed by atoms with Crippen molar-refractivity contribution in [2.24, 2.45) is 7.05 Å². The maximum Gasteiger partial charge on any atom is 0.262 e. The molecule has 21 heavy (non-hydrogen) atoms. The van der Waals surface area contributed by atoms with Crippen LogP contribution in [0.1, 0.15) is 31.1 Å². The number of fused-ring (bicyclic) bond motifs is 1. The van der Waals surface area contributed by atoms with Gasteiger partial charge in [-0.05, 0) is 24.3 Å². The Morgan fingerprint density at radius 2 is 1.86 bits per heavy atom. The zero-order valence-corrected chi connectivity index (χ0v) is 12.8. The lowest BCUT2D eigenvalue weighted by molar-refractivity contribution is 0.0624. The van der Waals surface area contributed by atoms with Crippen LogP contribution < -0.4 is 0 Å². The average molecular weight is 347 g/mol. The molecule has 1 aromatic carbocycles. The number of Topliss-reactive ketones (excluding diaryl/α,β-unsaturated/α-hetero) is 1. The van der Waals surface area contributed by atoms with Crippen molar-refractivity contribution >= 4 is 33.5 Å². The van der Waals surface area contributed by atoms with Crippen LogP contribution in [0.15, 0.2) is 41.1 Å². The average Bonchev–Trinajstić information content (AvgIpc) is 2.97. The Hall–Kier alpha value is -2.21. The Morgan fingerprint density at radius 1 is 1.14 bits per heavy atom. The molecule has 0 radical (unpaired) electrons. The lowest BCUT2D eigenvalue weighted by atomic mass is 10.1. The molecule has 0 atom stereocenters. The van der Waals surface area contributed by atoms with Crippen LogP contribution in [0.2, 0.25) is 0 Å². The highest BCUT2D eigenvalue weighted by Crippen LogP contribution is 2.26. The van der Waals surface area contributed by atoms with Gasteiger partial charge in [-0.1, -0.05) is 15.9 Å². The minimum Gasteiger partial charge on any atom is -0.357 e. The van der Waals surface area contributed by atoms with E-state index in [0.29, 0.717) is 16.7 Å². The number of nitrogens with zero attached hydrogens (tertiary/aromatic N) is 2. The van der Waals surface area contributed by atoms with Gasteiger partial charge in [-0.15, -0.1) is 0 Å². The number of amides is 2. The molecule has 0 aliphatic carbocycles. The summed E-state index contributed by atoms with van der Waals surface area (Å²) in [7, 11) is 1.80. The molecule has 6 heteroatoms. The van der Waals surface area contributed by atoms with Crippen LogP contribution in [0, 0.1) is 0 Å². The van der Waals surface area contributed by atoms with Crippen LogP contribution in [0.3, 0.4) is 0 Å². The second-order valence-corrected chi connectivity index (χ2v) is 5.79. The van der Waals surface area contributed by atoms with Crippen molar-refractivity contribution in [1.29, 1.82) is 0 Å². The number of rotatable bonds is 3. The molecular formula is C15H11BrN2O3. The molecule has 0 bridgehead atoms. The molecule has 106 valence electrons. The summed E-state index contributed by atoms with van der Waals surface area (Å²) in [5.41, 5.74) is 1.15. The Balaban J connectivity index is 1.87. The molecule has 0 N–H and O–H groups in total. The molecule has 1 aliphatic heterocycles. The molecule has 2 aromatic rings. The van der Waals surface area contributed by atoms with E-state index in [2.05, 4.69) is 15.9 Å². The van der Waals surface area contributed by atoms with Gasteiger partial charge in [0.15, 0.2) is 5.78 Å². The van der Waals surface area contributed by atoms with E-state index in [1.54, 1.807) is 48.3 Å². The van der Waals surface area contributed by atoms with E-state index >= 15 is 0 Å². The van der Waals surface area contributed by atoms with Gasteiger partial charge in [0.05, 0.1) is 17.7 Å². The fraction of sp³-hybridized carbons (Fsp3) is 0.133. The highest BCUT2D eigenvalue weighted by molar-refractivity contribution is 9.10. The van der Waals surface area contributed by atoms with Gasteiger partial charge in [0.1, 0.15) is 0 Å². The van der Waals surface area contributed by atoms with Crippen molar-refractivity contribution < 1.29 is 14.4 Å². The van der Waals surface area contributed by atoms with Gasteiger partial charge < -0.3 is 4.57 Å². The fourth-order valence-electron chi connectivity index (χ4n) is 2.31. The summed E-state index contributed by atoms with van der Waals surface area (Å²) in [4.78, 5) is 37.6. The minimum absolute atomic E-state index is 0.242. The van der Waals surface area contributed by atoms with Crippen molar-refractivity contribution in [3.05, 3.63) is 57.8 Å². The number of carbonyl (C=O) groups is 3. The van der Waals surface area contributed by atoms with Crippen molar-refractivity contribution in [2.75, 3.05) is 6.54 Å². The maximum absolute atomic E-state index is 12.3. The van der Waals surface area contributed by atoms with Gasteiger partial charge in [-0.25, -0.2) is 0 Å². The van der Waals surface area contributed by atoms with Crippen LogP contribution in [-0.4, -0.2) is 33.6 Å². The number of aromatic nitrogens is 1. The monoisotopic (exact) mass is 346 g/mol. The molecule has 0 fully saturated rings. The van der Waals surface area contributed by atoms with Crippen LogP contribution in [0.5, 0.6) is 0 Å². The number of hydrogen-bond donors (Lipinski definition) is 0. The molecule has 0 spiro atoms. The molecule has 2 amide bonds. The standard InChI is InChI=1S/C15H11BrN2O3/c1-17-5-4-9(7-17)13(19)8-18-14(20)11-3-2-10(16)6-12(11)15(18)21/h2-7H,8H2,1H3. The van der Waals surface area contributed by atoms with Crippen LogP contribution >= 0.6 is 15.9 Å². The van der Waals surface area contributed by atoms with E-state index in [1.165, 1.54) is 0 Å². The minimum atomic E-state index is -0.430. The highest BCUT2D eigenvalue weighted by Gasteiger charge is 2.36. The summed E-state index contributed by atoms with van der Waals surface area (Å²) < 4.78 is 2.46. The highest BCUT2D eigenvalue weighted by atomic mass is 79.9. The van der Waals surface area contributed by atoms with Gasteiger partial charge in [-0.2, -0.15) is 0 Å². The second kappa shape index (κ2) is 4.96. The third-order valence-electron chi connectivity index (χ3n) is 3.39. The van der Waals surface area contributed by atoms with E-state index in [0.717, 1.165) is 9.37 Å².